The highest BCUT2D eigenvalue weighted by molar-refractivity contribution is 7.91. The van der Waals surface area contributed by atoms with Crippen LogP contribution in [0.3, 0.4) is 0 Å². The highest BCUT2D eigenvalue weighted by Crippen LogP contribution is 2.33. The highest BCUT2D eigenvalue weighted by Gasteiger charge is 2.38. The van der Waals surface area contributed by atoms with Gasteiger partial charge in [-0.15, -0.1) is 0 Å². The number of hydrogen-bond donors (Lipinski definition) is 1. The molecule has 0 bridgehead atoms. The van der Waals surface area contributed by atoms with E-state index >= 15 is 0 Å². The van der Waals surface area contributed by atoms with Gasteiger partial charge >= 0.3 is 5.51 Å². The van der Waals surface area contributed by atoms with Gasteiger partial charge in [0.2, 0.25) is 0 Å². The molecule has 0 amide bonds. The number of halogens is 3. The lowest BCUT2D eigenvalue weighted by Gasteiger charge is -2.08. The van der Waals surface area contributed by atoms with Gasteiger partial charge in [0.05, 0.1) is 27.5 Å². The SMILES string of the molecule is CCS(=O)(=O)c1cccnc1C=Nc1cc(S(=O)C(F)(F)F)ccc1O. The third-order valence-corrected chi connectivity index (χ3v) is 6.09. The van der Waals surface area contributed by atoms with Gasteiger partial charge in [0.1, 0.15) is 11.4 Å². The third-order valence-electron chi connectivity index (χ3n) is 3.21. The monoisotopic (exact) mass is 406 g/mol. The summed E-state index contributed by atoms with van der Waals surface area (Å²) in [6.45, 7) is 1.45. The molecule has 1 N–H and O–H groups in total. The molecule has 0 aliphatic rings. The van der Waals surface area contributed by atoms with E-state index in [1.807, 2.05) is 0 Å². The molecule has 0 fully saturated rings. The Balaban J connectivity index is 2.46. The molecule has 0 saturated heterocycles. The second-order valence-electron chi connectivity index (χ2n) is 4.91. The number of alkyl halides is 3. The van der Waals surface area contributed by atoms with E-state index in [1.54, 1.807) is 0 Å². The van der Waals surface area contributed by atoms with E-state index in [2.05, 4.69) is 9.98 Å². The number of aliphatic imine (C=N–C) groups is 1. The van der Waals surface area contributed by atoms with Crippen molar-refractivity contribution in [3.63, 3.8) is 0 Å². The van der Waals surface area contributed by atoms with E-state index in [0.717, 1.165) is 24.4 Å². The van der Waals surface area contributed by atoms with Crippen LogP contribution >= 0.6 is 0 Å². The minimum absolute atomic E-state index is 0.0314. The Bertz CT molecular complexity index is 973. The maximum Gasteiger partial charge on any atom is 0.475 e. The van der Waals surface area contributed by atoms with Gasteiger partial charge in [-0.05, 0) is 30.3 Å². The first-order chi connectivity index (χ1) is 12.1. The summed E-state index contributed by atoms with van der Waals surface area (Å²) in [4.78, 5) is 7.00. The lowest BCUT2D eigenvalue weighted by molar-refractivity contribution is -0.0384. The molecule has 0 aliphatic carbocycles. The second-order valence-corrected chi connectivity index (χ2v) is 8.63. The quantitative estimate of drug-likeness (QED) is 0.770. The van der Waals surface area contributed by atoms with Crippen molar-refractivity contribution in [1.29, 1.82) is 0 Å². The molecule has 0 aliphatic heterocycles. The first-order valence-electron chi connectivity index (χ1n) is 7.09. The molecule has 1 aromatic heterocycles. The zero-order valence-electron chi connectivity index (χ0n) is 13.3. The van der Waals surface area contributed by atoms with E-state index in [0.29, 0.717) is 0 Å². The Morgan fingerprint density at radius 1 is 1.31 bits per heavy atom. The van der Waals surface area contributed by atoms with Crippen molar-refractivity contribution in [3.05, 3.63) is 42.2 Å². The van der Waals surface area contributed by atoms with Crippen LogP contribution in [0.15, 0.2) is 51.3 Å². The largest absolute Gasteiger partial charge is 0.506 e. The number of phenolic OH excluding ortho intramolecular Hbond substituents is 1. The van der Waals surface area contributed by atoms with Crippen molar-refractivity contribution in [1.82, 2.24) is 4.98 Å². The first-order valence-corrected chi connectivity index (χ1v) is 9.90. The number of rotatable bonds is 5. The van der Waals surface area contributed by atoms with Crippen molar-refractivity contribution in [3.8, 4) is 5.75 Å². The van der Waals surface area contributed by atoms with Crippen LogP contribution in [0, 0.1) is 0 Å². The minimum atomic E-state index is -4.96. The van der Waals surface area contributed by atoms with Crippen LogP contribution in [0.25, 0.3) is 0 Å². The predicted octanol–water partition coefficient (Wildman–Crippen LogP) is 2.96. The summed E-state index contributed by atoms with van der Waals surface area (Å²) in [5, 5.41) is 9.74. The molecule has 0 radical (unpaired) electrons. The fourth-order valence-electron chi connectivity index (χ4n) is 1.90. The van der Waals surface area contributed by atoms with Crippen molar-refractivity contribution < 1.29 is 30.9 Å². The maximum absolute atomic E-state index is 12.6. The fraction of sp³-hybridized carbons (Fsp3) is 0.200. The molecule has 140 valence electrons. The molecule has 1 heterocycles. The third kappa shape index (κ3) is 4.47. The molecule has 2 rings (SSSR count). The van der Waals surface area contributed by atoms with Crippen LogP contribution in [0.1, 0.15) is 12.6 Å². The molecule has 0 saturated carbocycles. The molecule has 1 atom stereocenters. The van der Waals surface area contributed by atoms with E-state index in [4.69, 9.17) is 0 Å². The van der Waals surface area contributed by atoms with Gasteiger partial charge in [-0.2, -0.15) is 13.2 Å². The number of pyridine rings is 1. The van der Waals surface area contributed by atoms with Gasteiger partial charge in [0.25, 0.3) is 0 Å². The summed E-state index contributed by atoms with van der Waals surface area (Å²) in [5.41, 5.74) is -5.29. The number of hydrogen-bond acceptors (Lipinski definition) is 6. The summed E-state index contributed by atoms with van der Waals surface area (Å²) in [7, 11) is -6.88. The summed E-state index contributed by atoms with van der Waals surface area (Å²) >= 11 is 0. The number of aromatic hydroxyl groups is 1. The van der Waals surface area contributed by atoms with Crippen LogP contribution in [0.5, 0.6) is 5.75 Å². The van der Waals surface area contributed by atoms with Crippen LogP contribution in [-0.4, -0.2) is 40.2 Å². The number of benzene rings is 1. The number of nitrogens with zero attached hydrogens (tertiary/aromatic N) is 2. The van der Waals surface area contributed by atoms with Gasteiger partial charge in [-0.1, -0.05) is 6.92 Å². The summed E-state index contributed by atoms with van der Waals surface area (Å²) in [6.07, 6.45) is 2.34. The van der Waals surface area contributed by atoms with Crippen molar-refractivity contribution in [2.45, 2.75) is 22.2 Å². The zero-order chi connectivity index (χ0) is 19.5. The van der Waals surface area contributed by atoms with Gasteiger partial charge in [0.15, 0.2) is 20.6 Å². The Morgan fingerprint density at radius 3 is 2.62 bits per heavy atom. The number of phenols is 1. The first kappa shape index (κ1) is 20.0. The van der Waals surface area contributed by atoms with E-state index in [1.165, 1.54) is 25.3 Å². The fourth-order valence-corrected chi connectivity index (χ4v) is 3.60. The van der Waals surface area contributed by atoms with Crippen LogP contribution < -0.4 is 0 Å². The van der Waals surface area contributed by atoms with Crippen LogP contribution in [0.4, 0.5) is 18.9 Å². The summed E-state index contributed by atoms with van der Waals surface area (Å²) in [5.74, 6) is -0.634. The molecule has 11 heteroatoms. The van der Waals surface area contributed by atoms with Crippen molar-refractivity contribution in [2.24, 2.45) is 4.99 Å². The van der Waals surface area contributed by atoms with Gasteiger partial charge < -0.3 is 5.11 Å². The van der Waals surface area contributed by atoms with Gasteiger partial charge in [-0.3, -0.25) is 9.98 Å². The molecule has 2 aromatic rings. The smallest absolute Gasteiger partial charge is 0.475 e. The Kier molecular flexibility index (Phi) is 5.81. The molecule has 0 spiro atoms. The number of aromatic nitrogens is 1. The lowest BCUT2D eigenvalue weighted by Crippen LogP contribution is -2.16. The van der Waals surface area contributed by atoms with Crippen molar-refractivity contribution in [2.75, 3.05) is 5.75 Å². The van der Waals surface area contributed by atoms with Gasteiger partial charge in [-0.25, -0.2) is 12.6 Å². The Morgan fingerprint density at radius 2 is 2.00 bits per heavy atom. The summed E-state index contributed by atoms with van der Waals surface area (Å²) in [6, 6.07) is 5.35. The Hall–Kier alpha value is -2.27. The van der Waals surface area contributed by atoms with Gasteiger partial charge in [0, 0.05) is 6.20 Å². The average Bonchev–Trinajstić information content (AvgIpc) is 2.60. The van der Waals surface area contributed by atoms with Crippen LogP contribution in [0.2, 0.25) is 0 Å². The standard InChI is InChI=1S/C15H13F3N2O4S2/c1-2-26(23,24)14-4-3-7-19-12(14)9-20-11-8-10(5-6-13(11)21)25(22)15(16,17)18/h3-9,21H,2H2,1H3. The summed E-state index contributed by atoms with van der Waals surface area (Å²) < 4.78 is 73.2. The molecule has 1 unspecified atom stereocenters. The number of sulfone groups is 1. The topological polar surface area (TPSA) is 96.7 Å². The minimum Gasteiger partial charge on any atom is -0.506 e. The van der Waals surface area contributed by atoms with Crippen molar-refractivity contribution >= 4 is 32.5 Å². The highest BCUT2D eigenvalue weighted by atomic mass is 32.2. The predicted molar refractivity (Wildman–Crippen MR) is 89.8 cm³/mol. The zero-order valence-corrected chi connectivity index (χ0v) is 14.9. The molecule has 26 heavy (non-hydrogen) atoms. The Labute approximate surface area is 149 Å². The van der Waals surface area contributed by atoms with E-state index in [-0.39, 0.29) is 22.0 Å². The molecular weight excluding hydrogens is 393 g/mol. The average molecular weight is 406 g/mol. The maximum atomic E-state index is 12.6. The van der Waals surface area contributed by atoms with Crippen LogP contribution in [-0.2, 0) is 20.6 Å². The molecule has 6 nitrogen and oxygen atoms in total. The molecular formula is C15H13F3N2O4S2. The van der Waals surface area contributed by atoms with E-state index < -0.39 is 36.8 Å². The second kappa shape index (κ2) is 7.54. The van der Waals surface area contributed by atoms with E-state index in [9.17, 15) is 30.9 Å². The lowest BCUT2D eigenvalue weighted by atomic mass is 10.3. The molecule has 1 aromatic carbocycles. The normalized spacial score (nSPS) is 13.8.